The molecule has 4 rings (SSSR count). The molecule has 0 bridgehead atoms. The zero-order valence-electron chi connectivity index (χ0n) is 21.4. The SMILES string of the molecule is C=CCc1ccccc1OCCOc1ccc(C=C(C#N)C(=O)Nc2nc(-c3ccccc3)cs2)cc1OC. The van der Waals surface area contributed by atoms with E-state index in [9.17, 15) is 10.1 Å². The molecule has 0 aliphatic carbocycles. The zero-order valence-corrected chi connectivity index (χ0v) is 22.2. The summed E-state index contributed by atoms with van der Waals surface area (Å²) in [5.41, 5.74) is 3.32. The molecule has 0 saturated heterocycles. The molecular weight excluding hydrogens is 510 g/mol. The number of methoxy groups -OCH3 is 1. The van der Waals surface area contributed by atoms with E-state index in [4.69, 9.17) is 14.2 Å². The van der Waals surface area contributed by atoms with Crippen LogP contribution >= 0.6 is 11.3 Å². The molecule has 0 fully saturated rings. The van der Waals surface area contributed by atoms with E-state index < -0.39 is 5.91 Å². The average molecular weight is 538 g/mol. The summed E-state index contributed by atoms with van der Waals surface area (Å²) in [7, 11) is 1.53. The summed E-state index contributed by atoms with van der Waals surface area (Å²) >= 11 is 1.30. The van der Waals surface area contributed by atoms with Crippen molar-refractivity contribution in [2.24, 2.45) is 0 Å². The normalized spacial score (nSPS) is 10.8. The highest BCUT2D eigenvalue weighted by Gasteiger charge is 2.14. The number of nitrogens with one attached hydrogen (secondary N) is 1. The number of benzene rings is 3. The van der Waals surface area contributed by atoms with Gasteiger partial charge in [-0.1, -0.05) is 60.7 Å². The van der Waals surface area contributed by atoms with Crippen LogP contribution in [0.25, 0.3) is 17.3 Å². The Labute approximate surface area is 231 Å². The lowest BCUT2D eigenvalue weighted by molar-refractivity contribution is -0.112. The van der Waals surface area contributed by atoms with Crippen molar-refractivity contribution in [3.63, 3.8) is 0 Å². The van der Waals surface area contributed by atoms with Gasteiger partial charge >= 0.3 is 0 Å². The fourth-order valence-electron chi connectivity index (χ4n) is 3.72. The first-order valence-corrected chi connectivity index (χ1v) is 13.1. The second kappa shape index (κ2) is 13.6. The van der Waals surface area contributed by atoms with Crippen LogP contribution in [0.15, 0.2) is 96.4 Å². The van der Waals surface area contributed by atoms with Crippen LogP contribution in [-0.4, -0.2) is 31.2 Å². The second-order valence-corrected chi connectivity index (χ2v) is 9.09. The number of amides is 1. The summed E-state index contributed by atoms with van der Waals surface area (Å²) in [4.78, 5) is 17.2. The van der Waals surface area contributed by atoms with Crippen LogP contribution in [-0.2, 0) is 11.2 Å². The standard InChI is InChI=1S/C31H27N3O4S/c1-3-9-24-12-7-8-13-27(24)37-16-17-38-28-15-14-22(19-29(28)36-2)18-25(20-32)30(35)34-31-33-26(21-39-31)23-10-5-4-6-11-23/h3-8,10-15,18-19,21H,1,9,16-17H2,2H3,(H,33,34,35). The van der Waals surface area contributed by atoms with Gasteiger partial charge in [0.2, 0.25) is 0 Å². The molecule has 0 unspecified atom stereocenters. The van der Waals surface area contributed by atoms with Gasteiger partial charge in [0.1, 0.15) is 30.6 Å². The number of para-hydroxylation sites is 1. The van der Waals surface area contributed by atoms with Crippen LogP contribution in [0.4, 0.5) is 5.13 Å². The summed E-state index contributed by atoms with van der Waals surface area (Å²) in [6.45, 7) is 4.43. The molecule has 1 heterocycles. The Morgan fingerprint density at radius 2 is 1.77 bits per heavy atom. The van der Waals surface area contributed by atoms with Crippen LogP contribution < -0.4 is 19.5 Å². The molecule has 1 aromatic heterocycles. The van der Waals surface area contributed by atoms with Gasteiger partial charge in [0.15, 0.2) is 16.6 Å². The Kier molecular flexibility index (Phi) is 9.48. The van der Waals surface area contributed by atoms with Gasteiger partial charge in [-0.2, -0.15) is 5.26 Å². The number of ether oxygens (including phenoxy) is 3. The van der Waals surface area contributed by atoms with Crippen molar-refractivity contribution in [2.45, 2.75) is 6.42 Å². The zero-order chi connectivity index (χ0) is 27.5. The molecule has 0 saturated carbocycles. The van der Waals surface area contributed by atoms with Crippen molar-refractivity contribution in [1.29, 1.82) is 5.26 Å². The lowest BCUT2D eigenvalue weighted by Gasteiger charge is -2.13. The maximum absolute atomic E-state index is 12.8. The minimum atomic E-state index is -0.542. The van der Waals surface area contributed by atoms with Gasteiger partial charge in [0.05, 0.1) is 12.8 Å². The maximum Gasteiger partial charge on any atom is 0.268 e. The highest BCUT2D eigenvalue weighted by Crippen LogP contribution is 2.30. The van der Waals surface area contributed by atoms with E-state index in [2.05, 4.69) is 16.9 Å². The Morgan fingerprint density at radius 1 is 1.03 bits per heavy atom. The molecular formula is C31H27N3O4S. The Bertz CT molecular complexity index is 1510. The number of thiazole rings is 1. The summed E-state index contributed by atoms with van der Waals surface area (Å²) in [5, 5.41) is 14.6. The molecule has 0 radical (unpaired) electrons. The van der Waals surface area contributed by atoms with Gasteiger partial charge in [0.25, 0.3) is 5.91 Å². The van der Waals surface area contributed by atoms with Crippen molar-refractivity contribution in [1.82, 2.24) is 4.98 Å². The lowest BCUT2D eigenvalue weighted by atomic mass is 10.1. The average Bonchev–Trinajstić information content (AvgIpc) is 3.44. The van der Waals surface area contributed by atoms with Gasteiger partial charge in [-0.3, -0.25) is 10.1 Å². The predicted octanol–water partition coefficient (Wildman–Crippen LogP) is 6.55. The number of hydrogen-bond acceptors (Lipinski definition) is 7. The number of rotatable bonds is 12. The van der Waals surface area contributed by atoms with Crippen LogP contribution in [0.2, 0.25) is 0 Å². The molecule has 4 aromatic rings. The number of nitrogens with zero attached hydrogens (tertiary/aromatic N) is 2. The predicted molar refractivity (Wildman–Crippen MR) is 154 cm³/mol. The first-order valence-electron chi connectivity index (χ1n) is 12.2. The lowest BCUT2D eigenvalue weighted by Crippen LogP contribution is -2.13. The molecule has 7 nitrogen and oxygen atoms in total. The van der Waals surface area contributed by atoms with Gasteiger partial charge in [0, 0.05) is 10.9 Å². The highest BCUT2D eigenvalue weighted by molar-refractivity contribution is 7.14. The second-order valence-electron chi connectivity index (χ2n) is 8.24. The minimum Gasteiger partial charge on any atom is -0.493 e. The van der Waals surface area contributed by atoms with Crippen molar-refractivity contribution < 1.29 is 19.0 Å². The van der Waals surface area contributed by atoms with Crippen molar-refractivity contribution in [2.75, 3.05) is 25.6 Å². The van der Waals surface area contributed by atoms with Crippen LogP contribution in [0, 0.1) is 11.3 Å². The van der Waals surface area contributed by atoms with E-state index in [1.807, 2.05) is 72.1 Å². The van der Waals surface area contributed by atoms with E-state index in [0.29, 0.717) is 35.4 Å². The molecule has 0 aliphatic rings. The van der Waals surface area contributed by atoms with Gasteiger partial charge < -0.3 is 14.2 Å². The molecule has 0 aliphatic heterocycles. The van der Waals surface area contributed by atoms with Gasteiger partial charge in [-0.05, 0) is 41.8 Å². The van der Waals surface area contributed by atoms with E-state index in [1.54, 1.807) is 18.2 Å². The number of hydrogen-bond donors (Lipinski definition) is 1. The Balaban J connectivity index is 1.37. The number of carbonyl (C=O) groups is 1. The minimum absolute atomic E-state index is 0.0613. The molecule has 39 heavy (non-hydrogen) atoms. The third kappa shape index (κ3) is 7.34. The largest absolute Gasteiger partial charge is 0.493 e. The maximum atomic E-state index is 12.8. The van der Waals surface area contributed by atoms with Crippen LogP contribution in [0.5, 0.6) is 17.2 Å². The molecule has 1 amide bonds. The van der Waals surface area contributed by atoms with Gasteiger partial charge in [-0.15, -0.1) is 17.9 Å². The molecule has 0 spiro atoms. The number of nitriles is 1. The summed E-state index contributed by atoms with van der Waals surface area (Å²) < 4.78 is 17.2. The first-order chi connectivity index (χ1) is 19.1. The molecule has 3 aromatic carbocycles. The third-order valence-corrected chi connectivity index (χ3v) is 6.35. The number of carbonyl (C=O) groups excluding carboxylic acids is 1. The Morgan fingerprint density at radius 3 is 2.51 bits per heavy atom. The third-order valence-electron chi connectivity index (χ3n) is 5.59. The molecule has 1 N–H and O–H groups in total. The van der Waals surface area contributed by atoms with E-state index in [1.165, 1.54) is 24.5 Å². The van der Waals surface area contributed by atoms with Crippen LogP contribution in [0.1, 0.15) is 11.1 Å². The first kappa shape index (κ1) is 27.2. The molecule has 8 heteroatoms. The molecule has 0 atom stereocenters. The quantitative estimate of drug-likeness (QED) is 0.0953. The summed E-state index contributed by atoms with van der Waals surface area (Å²) in [6, 6.07) is 24.6. The highest BCUT2D eigenvalue weighted by atomic mass is 32.1. The summed E-state index contributed by atoms with van der Waals surface area (Å²) in [6.07, 6.45) is 4.05. The fourth-order valence-corrected chi connectivity index (χ4v) is 4.43. The van der Waals surface area contributed by atoms with Crippen molar-refractivity contribution >= 4 is 28.5 Å². The summed E-state index contributed by atoms with van der Waals surface area (Å²) in [5.74, 6) is 1.25. The van der Waals surface area contributed by atoms with Crippen LogP contribution in [0.3, 0.4) is 0 Å². The van der Waals surface area contributed by atoms with Crippen molar-refractivity contribution in [3.8, 4) is 34.6 Å². The fraction of sp³-hybridized carbons (Fsp3) is 0.129. The number of allylic oxidation sites excluding steroid dienone is 1. The topological polar surface area (TPSA) is 93.5 Å². The monoisotopic (exact) mass is 537 g/mol. The Hall–Kier alpha value is -4.87. The van der Waals surface area contributed by atoms with E-state index in [0.717, 1.165) is 29.0 Å². The molecule has 196 valence electrons. The van der Waals surface area contributed by atoms with E-state index in [-0.39, 0.29) is 5.57 Å². The number of aromatic nitrogens is 1. The smallest absolute Gasteiger partial charge is 0.268 e. The van der Waals surface area contributed by atoms with Crippen molar-refractivity contribution in [3.05, 3.63) is 108 Å². The number of anilines is 1. The van der Waals surface area contributed by atoms with Gasteiger partial charge in [-0.25, -0.2) is 4.98 Å². The van der Waals surface area contributed by atoms with E-state index >= 15 is 0 Å².